The first-order chi connectivity index (χ1) is 8.99. The van der Waals surface area contributed by atoms with Gasteiger partial charge in [0.15, 0.2) is 0 Å². The maximum Gasteiger partial charge on any atom is 0.305 e. The largest absolute Gasteiger partial charge is 0.481 e. The molecule has 1 rings (SSSR count). The summed E-state index contributed by atoms with van der Waals surface area (Å²) in [6, 6.07) is 8.95. The molecule has 2 atom stereocenters. The summed E-state index contributed by atoms with van der Waals surface area (Å²) in [7, 11) is 0. The summed E-state index contributed by atoms with van der Waals surface area (Å²) in [4.78, 5) is 22.1. The van der Waals surface area contributed by atoms with Crippen molar-refractivity contribution in [1.29, 1.82) is 0 Å². The molecule has 0 saturated heterocycles. The number of carboxylic acid groups (broad SMARTS) is 1. The number of aliphatic carboxylic acids is 1. The van der Waals surface area contributed by atoms with E-state index in [0.717, 1.165) is 12.8 Å². The number of carboxylic acids is 1. The summed E-state index contributed by atoms with van der Waals surface area (Å²) < 4.78 is 0. The lowest BCUT2D eigenvalue weighted by Crippen LogP contribution is -2.45. The molecule has 0 heterocycles. The minimum atomic E-state index is -1.07. The van der Waals surface area contributed by atoms with Gasteiger partial charge >= 0.3 is 5.97 Å². The Balaban J connectivity index is 2.32. The second kappa shape index (κ2) is 7.53. The van der Waals surface area contributed by atoms with Gasteiger partial charge in [0.1, 0.15) is 0 Å². The molecule has 1 aromatic rings. The first-order valence-corrected chi connectivity index (χ1v) is 6.30. The van der Waals surface area contributed by atoms with Gasteiger partial charge in [-0.1, -0.05) is 30.3 Å². The van der Waals surface area contributed by atoms with Gasteiger partial charge in [-0.3, -0.25) is 9.59 Å². The van der Waals surface area contributed by atoms with Crippen LogP contribution in [-0.4, -0.2) is 29.1 Å². The molecule has 0 bridgehead atoms. The van der Waals surface area contributed by atoms with Crippen molar-refractivity contribution < 1.29 is 14.7 Å². The van der Waals surface area contributed by atoms with Crippen molar-refractivity contribution in [2.75, 3.05) is 0 Å². The van der Waals surface area contributed by atoms with Gasteiger partial charge in [-0.2, -0.15) is 0 Å². The summed E-state index contributed by atoms with van der Waals surface area (Å²) in [5.74, 6) is -1.48. The number of carbonyl (C=O) groups excluding carboxylic acids is 1. The van der Waals surface area contributed by atoms with Crippen LogP contribution in [0.3, 0.4) is 0 Å². The highest BCUT2D eigenvalue weighted by atomic mass is 16.4. The quantitative estimate of drug-likeness (QED) is 0.683. The Kier molecular flexibility index (Phi) is 6.02. The third kappa shape index (κ3) is 6.01. The highest BCUT2D eigenvalue weighted by Gasteiger charge is 2.18. The molecule has 104 valence electrons. The Morgan fingerprint density at radius 3 is 2.53 bits per heavy atom. The van der Waals surface area contributed by atoms with Gasteiger partial charge < -0.3 is 16.2 Å². The summed E-state index contributed by atoms with van der Waals surface area (Å²) in [6.07, 6.45) is 1.29. The van der Waals surface area contributed by atoms with Gasteiger partial charge in [-0.25, -0.2) is 0 Å². The van der Waals surface area contributed by atoms with Gasteiger partial charge in [0.2, 0.25) is 5.91 Å². The molecule has 0 aliphatic heterocycles. The Bertz CT molecular complexity index is 420. The average molecular weight is 264 g/mol. The zero-order valence-electron chi connectivity index (χ0n) is 11.0. The van der Waals surface area contributed by atoms with Gasteiger partial charge in [0.25, 0.3) is 0 Å². The normalized spacial score (nSPS) is 13.6. The number of carbonyl (C=O) groups is 2. The first kappa shape index (κ1) is 15.2. The molecule has 5 nitrogen and oxygen atoms in total. The van der Waals surface area contributed by atoms with Crippen LogP contribution >= 0.6 is 0 Å². The molecule has 0 aliphatic rings. The summed E-state index contributed by atoms with van der Waals surface area (Å²) in [5.41, 5.74) is 6.69. The predicted octanol–water partition coefficient (Wildman–Crippen LogP) is 0.926. The molecule has 1 aromatic carbocycles. The highest BCUT2D eigenvalue weighted by molar-refractivity contribution is 5.86. The Labute approximate surface area is 112 Å². The standard InChI is InChI=1S/C14H20N2O3/c1-10(7-8-11-5-3-2-4-6-11)16-14(19)12(15)9-13(17)18/h2-6,10,12H,7-9,15H2,1H3,(H,16,19)(H,17,18)/t10-,12-/m0/s1. The smallest absolute Gasteiger partial charge is 0.305 e. The lowest BCUT2D eigenvalue weighted by atomic mass is 10.1. The van der Waals surface area contributed by atoms with Gasteiger partial charge in [-0.05, 0) is 25.3 Å². The third-order valence-electron chi connectivity index (χ3n) is 2.83. The minimum Gasteiger partial charge on any atom is -0.481 e. The number of rotatable bonds is 7. The number of amides is 1. The number of hydrogen-bond donors (Lipinski definition) is 3. The van der Waals surface area contributed by atoms with E-state index in [-0.39, 0.29) is 12.5 Å². The molecular weight excluding hydrogens is 244 g/mol. The van der Waals surface area contributed by atoms with E-state index in [2.05, 4.69) is 5.32 Å². The molecule has 0 radical (unpaired) electrons. The zero-order valence-corrected chi connectivity index (χ0v) is 11.0. The topological polar surface area (TPSA) is 92.4 Å². The highest BCUT2D eigenvalue weighted by Crippen LogP contribution is 2.05. The van der Waals surface area contributed by atoms with Crippen molar-refractivity contribution in [1.82, 2.24) is 5.32 Å². The third-order valence-corrected chi connectivity index (χ3v) is 2.83. The molecule has 4 N–H and O–H groups in total. The van der Waals surface area contributed by atoms with E-state index in [1.165, 1.54) is 5.56 Å². The van der Waals surface area contributed by atoms with Gasteiger partial charge in [-0.15, -0.1) is 0 Å². The van der Waals surface area contributed by atoms with Crippen molar-refractivity contribution in [3.05, 3.63) is 35.9 Å². The monoisotopic (exact) mass is 264 g/mol. The molecule has 0 spiro atoms. The fraction of sp³-hybridized carbons (Fsp3) is 0.429. The van der Waals surface area contributed by atoms with Crippen LogP contribution < -0.4 is 11.1 Å². The molecule has 0 unspecified atom stereocenters. The Hall–Kier alpha value is -1.88. The SMILES string of the molecule is C[C@@H](CCc1ccccc1)NC(=O)[C@@H](N)CC(=O)O. The van der Waals surface area contributed by atoms with Crippen molar-refractivity contribution >= 4 is 11.9 Å². The molecular formula is C14H20N2O3. The second-order valence-electron chi connectivity index (χ2n) is 4.64. The lowest BCUT2D eigenvalue weighted by Gasteiger charge is -2.16. The summed E-state index contributed by atoms with van der Waals surface area (Å²) >= 11 is 0. The second-order valence-corrected chi connectivity index (χ2v) is 4.64. The van der Waals surface area contributed by atoms with Crippen molar-refractivity contribution in [2.24, 2.45) is 5.73 Å². The average Bonchev–Trinajstić information content (AvgIpc) is 2.36. The molecule has 0 saturated carbocycles. The molecule has 5 heteroatoms. The number of nitrogens with two attached hydrogens (primary N) is 1. The van der Waals surface area contributed by atoms with Crippen LogP contribution in [0.1, 0.15) is 25.3 Å². The van der Waals surface area contributed by atoms with Gasteiger partial charge in [0, 0.05) is 6.04 Å². The predicted molar refractivity (Wildman–Crippen MR) is 72.6 cm³/mol. The number of benzene rings is 1. The maximum atomic E-state index is 11.6. The van der Waals surface area contributed by atoms with Crippen LogP contribution in [0.4, 0.5) is 0 Å². The van der Waals surface area contributed by atoms with Crippen LogP contribution in [0.5, 0.6) is 0 Å². The Morgan fingerprint density at radius 2 is 1.95 bits per heavy atom. The molecule has 0 aliphatic carbocycles. The van der Waals surface area contributed by atoms with Crippen LogP contribution in [-0.2, 0) is 16.0 Å². The van der Waals surface area contributed by atoms with Crippen molar-refractivity contribution in [3.63, 3.8) is 0 Å². The van der Waals surface area contributed by atoms with E-state index in [9.17, 15) is 9.59 Å². The lowest BCUT2D eigenvalue weighted by molar-refractivity contribution is -0.139. The van der Waals surface area contributed by atoms with E-state index in [1.54, 1.807) is 0 Å². The van der Waals surface area contributed by atoms with Crippen LogP contribution in [0.25, 0.3) is 0 Å². The zero-order chi connectivity index (χ0) is 14.3. The number of hydrogen-bond acceptors (Lipinski definition) is 3. The molecule has 1 amide bonds. The minimum absolute atomic E-state index is 0.0347. The van der Waals surface area contributed by atoms with E-state index < -0.39 is 17.9 Å². The van der Waals surface area contributed by atoms with Crippen LogP contribution in [0, 0.1) is 0 Å². The van der Waals surface area contributed by atoms with Crippen molar-refractivity contribution in [3.8, 4) is 0 Å². The van der Waals surface area contributed by atoms with E-state index in [0.29, 0.717) is 0 Å². The van der Waals surface area contributed by atoms with E-state index >= 15 is 0 Å². The molecule has 0 fully saturated rings. The van der Waals surface area contributed by atoms with E-state index in [4.69, 9.17) is 10.8 Å². The van der Waals surface area contributed by atoms with Crippen LogP contribution in [0.2, 0.25) is 0 Å². The van der Waals surface area contributed by atoms with Gasteiger partial charge in [0.05, 0.1) is 12.5 Å². The fourth-order valence-corrected chi connectivity index (χ4v) is 1.73. The van der Waals surface area contributed by atoms with E-state index in [1.807, 2.05) is 37.3 Å². The number of nitrogens with one attached hydrogen (secondary N) is 1. The summed E-state index contributed by atoms with van der Waals surface area (Å²) in [6.45, 7) is 1.88. The molecule has 0 aromatic heterocycles. The molecule has 19 heavy (non-hydrogen) atoms. The van der Waals surface area contributed by atoms with Crippen LogP contribution in [0.15, 0.2) is 30.3 Å². The fourth-order valence-electron chi connectivity index (χ4n) is 1.73. The Morgan fingerprint density at radius 1 is 1.32 bits per heavy atom. The summed E-state index contributed by atoms with van der Waals surface area (Å²) in [5, 5.41) is 11.3. The van der Waals surface area contributed by atoms with Crippen molar-refractivity contribution in [2.45, 2.75) is 38.3 Å². The number of aryl methyl sites for hydroxylation is 1. The maximum absolute atomic E-state index is 11.6. The first-order valence-electron chi connectivity index (χ1n) is 6.30.